The summed E-state index contributed by atoms with van der Waals surface area (Å²) >= 11 is 0. The smallest absolute Gasteiger partial charge is 0.156 e. The molecule has 2 aromatic carbocycles. The zero-order valence-corrected chi connectivity index (χ0v) is 14.9. The summed E-state index contributed by atoms with van der Waals surface area (Å²) < 4.78 is -0.512. The van der Waals surface area contributed by atoms with Crippen LogP contribution < -0.4 is 10.5 Å². The first-order chi connectivity index (χ1) is 11.8. The van der Waals surface area contributed by atoms with Gasteiger partial charge in [-0.05, 0) is 11.6 Å². The minimum atomic E-state index is -0.512. The summed E-state index contributed by atoms with van der Waals surface area (Å²) in [6.07, 6.45) is 0. The summed E-state index contributed by atoms with van der Waals surface area (Å²) in [6, 6.07) is 18.4. The highest BCUT2D eigenvalue weighted by Crippen LogP contribution is 2.76. The van der Waals surface area contributed by atoms with Gasteiger partial charge in [0.15, 0.2) is 6.04 Å². The molecule has 0 amide bonds. The second-order valence-corrected chi connectivity index (χ2v) is 8.08. The molecule has 4 heteroatoms. The molecule has 1 aliphatic carbocycles. The van der Waals surface area contributed by atoms with Gasteiger partial charge in [0, 0.05) is 16.4 Å². The number of rotatable bonds is 1. The van der Waals surface area contributed by atoms with Gasteiger partial charge in [0.1, 0.15) is 6.04 Å². The van der Waals surface area contributed by atoms with Gasteiger partial charge in [-0.3, -0.25) is 9.76 Å². The van der Waals surface area contributed by atoms with E-state index in [9.17, 15) is 5.21 Å². The summed E-state index contributed by atoms with van der Waals surface area (Å²) in [7, 11) is 1.71. The number of hydrogen-bond donors (Lipinski definition) is 1. The lowest BCUT2D eigenvalue weighted by Crippen LogP contribution is -2.51. The van der Waals surface area contributed by atoms with E-state index in [1.165, 1.54) is 11.1 Å². The number of hydrogen-bond acceptors (Lipinski definition) is 3. The molecule has 2 aliphatic heterocycles. The lowest BCUT2D eigenvalue weighted by molar-refractivity contribution is -0.922. The molecule has 2 heterocycles. The van der Waals surface area contributed by atoms with Crippen LogP contribution in [0.15, 0.2) is 66.7 Å². The third kappa shape index (κ3) is 1.54. The van der Waals surface area contributed by atoms with Crippen molar-refractivity contribution in [3.63, 3.8) is 0 Å². The standard InChI is InChI=1S/C21H23N3O/c1-14-20(2)16-12-8-9-13-17(16)23-19(21(14,20)3)18(24(4,25)22-23)15-10-6-5-7-11-15/h5-13,18-19,22H,1H2,2-4H3. The first kappa shape index (κ1) is 15.1. The van der Waals surface area contributed by atoms with Crippen molar-refractivity contribution in [2.75, 3.05) is 12.1 Å². The lowest BCUT2D eigenvalue weighted by atomic mass is 9.75. The Bertz CT molecular complexity index is 893. The Kier molecular flexibility index (Phi) is 2.62. The molecule has 0 aromatic heterocycles. The van der Waals surface area contributed by atoms with E-state index in [2.05, 4.69) is 61.3 Å². The molecule has 5 atom stereocenters. The fourth-order valence-electron chi connectivity index (χ4n) is 5.47. The van der Waals surface area contributed by atoms with Crippen molar-refractivity contribution < 1.29 is 4.76 Å². The van der Waals surface area contributed by atoms with Crippen molar-refractivity contribution in [3.05, 3.63) is 83.1 Å². The van der Waals surface area contributed by atoms with Crippen molar-refractivity contribution >= 4 is 5.69 Å². The van der Waals surface area contributed by atoms with E-state index in [0.717, 1.165) is 11.3 Å². The average Bonchev–Trinajstić information content (AvgIpc) is 2.91. The van der Waals surface area contributed by atoms with Gasteiger partial charge in [0.25, 0.3) is 0 Å². The highest BCUT2D eigenvalue weighted by atomic mass is 16.6. The van der Waals surface area contributed by atoms with E-state index in [1.54, 1.807) is 7.05 Å². The molecule has 25 heavy (non-hydrogen) atoms. The maximum absolute atomic E-state index is 13.5. The number of quaternary nitrogens is 1. The van der Waals surface area contributed by atoms with Gasteiger partial charge in [-0.25, -0.2) is 0 Å². The van der Waals surface area contributed by atoms with Crippen LogP contribution in [-0.2, 0) is 5.41 Å². The molecule has 1 saturated heterocycles. The van der Waals surface area contributed by atoms with Crippen LogP contribution in [0, 0.1) is 10.6 Å². The van der Waals surface area contributed by atoms with E-state index in [0.29, 0.717) is 0 Å². The Balaban J connectivity index is 1.77. The maximum Gasteiger partial charge on any atom is 0.156 e. The fraction of sp³-hybridized carbons (Fsp3) is 0.333. The molecule has 0 spiro atoms. The SMILES string of the molecule is C=C1C2(C)c3ccccc3N3N[N+](C)([O-])C(c4ccccc4)C3C12C. The van der Waals surface area contributed by atoms with Crippen LogP contribution in [-0.4, -0.2) is 17.8 Å². The number of anilines is 1. The third-order valence-electron chi connectivity index (χ3n) is 7.06. The molecule has 2 fully saturated rings. The number of benzene rings is 2. The number of para-hydroxylation sites is 1. The van der Waals surface area contributed by atoms with E-state index >= 15 is 0 Å². The summed E-state index contributed by atoms with van der Waals surface area (Å²) in [5, 5.41) is 15.6. The maximum atomic E-state index is 13.5. The quantitative estimate of drug-likeness (QED) is 0.490. The van der Waals surface area contributed by atoms with Gasteiger partial charge in [0.2, 0.25) is 0 Å². The minimum Gasteiger partial charge on any atom is -0.610 e. The Morgan fingerprint density at radius 3 is 2.44 bits per heavy atom. The zero-order valence-electron chi connectivity index (χ0n) is 14.9. The first-order valence-corrected chi connectivity index (χ1v) is 8.82. The van der Waals surface area contributed by atoms with Gasteiger partial charge >= 0.3 is 0 Å². The van der Waals surface area contributed by atoms with E-state index in [-0.39, 0.29) is 22.9 Å². The van der Waals surface area contributed by atoms with Crippen LogP contribution >= 0.6 is 0 Å². The molecule has 0 radical (unpaired) electrons. The second kappa shape index (κ2) is 4.33. The van der Waals surface area contributed by atoms with Gasteiger partial charge in [-0.1, -0.05) is 80.1 Å². The Labute approximate surface area is 148 Å². The van der Waals surface area contributed by atoms with Crippen molar-refractivity contribution in [2.45, 2.75) is 31.3 Å². The lowest BCUT2D eigenvalue weighted by Gasteiger charge is -2.39. The van der Waals surface area contributed by atoms with Crippen LogP contribution in [0.2, 0.25) is 0 Å². The highest BCUT2D eigenvalue weighted by molar-refractivity contribution is 5.73. The summed E-state index contributed by atoms with van der Waals surface area (Å²) in [4.78, 5) is 0. The number of hydrazine groups is 1. The minimum absolute atomic E-state index is 0.0322. The monoisotopic (exact) mass is 333 g/mol. The fourth-order valence-corrected chi connectivity index (χ4v) is 5.47. The summed E-state index contributed by atoms with van der Waals surface area (Å²) in [6.45, 7) is 8.97. The third-order valence-corrected chi connectivity index (χ3v) is 7.06. The van der Waals surface area contributed by atoms with Crippen LogP contribution in [0.3, 0.4) is 0 Å². The van der Waals surface area contributed by atoms with Crippen molar-refractivity contribution in [2.24, 2.45) is 5.41 Å². The topological polar surface area (TPSA) is 38.3 Å². The zero-order chi connectivity index (χ0) is 17.6. The van der Waals surface area contributed by atoms with Gasteiger partial charge in [-0.15, -0.1) is 0 Å². The molecule has 5 unspecified atom stereocenters. The summed E-state index contributed by atoms with van der Waals surface area (Å²) in [5.41, 5.74) is 7.69. The number of likely N-dealkylation sites (N-methyl/N-ethyl adjacent to an activating group) is 1. The van der Waals surface area contributed by atoms with Crippen molar-refractivity contribution in [3.8, 4) is 0 Å². The normalized spacial score (nSPS) is 41.1. The van der Waals surface area contributed by atoms with Crippen LogP contribution in [0.1, 0.15) is 31.0 Å². The number of nitrogens with one attached hydrogen (secondary N) is 1. The molecule has 1 N–H and O–H groups in total. The van der Waals surface area contributed by atoms with Crippen molar-refractivity contribution in [1.29, 1.82) is 0 Å². The Hall–Kier alpha value is -2.14. The number of hydroxylamine groups is 2. The molecule has 1 saturated carbocycles. The van der Waals surface area contributed by atoms with E-state index in [4.69, 9.17) is 0 Å². The van der Waals surface area contributed by atoms with Crippen LogP contribution in [0.5, 0.6) is 0 Å². The van der Waals surface area contributed by atoms with E-state index in [1.807, 2.05) is 24.3 Å². The molecule has 128 valence electrons. The Morgan fingerprint density at radius 1 is 1.08 bits per heavy atom. The van der Waals surface area contributed by atoms with Gasteiger partial charge < -0.3 is 5.21 Å². The van der Waals surface area contributed by atoms with Gasteiger partial charge in [0.05, 0.1) is 12.7 Å². The molecule has 5 rings (SSSR count). The van der Waals surface area contributed by atoms with Crippen molar-refractivity contribution in [1.82, 2.24) is 5.53 Å². The molecule has 4 nitrogen and oxygen atoms in total. The molecular formula is C21H23N3O. The first-order valence-electron chi connectivity index (χ1n) is 8.82. The highest BCUT2D eigenvalue weighted by Gasteiger charge is 2.78. The van der Waals surface area contributed by atoms with Gasteiger partial charge in [-0.2, -0.15) is 0 Å². The molecule has 0 bridgehead atoms. The number of nitrogens with zero attached hydrogens (tertiary/aromatic N) is 2. The molecule has 3 aliphatic rings. The summed E-state index contributed by atoms with van der Waals surface area (Å²) in [5.74, 6) is 0. The largest absolute Gasteiger partial charge is 0.610 e. The van der Waals surface area contributed by atoms with Crippen LogP contribution in [0.4, 0.5) is 5.69 Å². The predicted molar refractivity (Wildman–Crippen MR) is 99.2 cm³/mol. The predicted octanol–water partition coefficient (Wildman–Crippen LogP) is 3.83. The second-order valence-electron chi connectivity index (χ2n) is 8.08. The average molecular weight is 333 g/mol. The number of fused-ring (bicyclic) bond motifs is 6. The van der Waals surface area contributed by atoms with E-state index < -0.39 is 4.76 Å². The van der Waals surface area contributed by atoms with Crippen LogP contribution in [0.25, 0.3) is 0 Å². The molecule has 2 aromatic rings. The Morgan fingerprint density at radius 2 is 1.72 bits per heavy atom. The molecular weight excluding hydrogens is 310 g/mol.